The molecule has 0 radical (unpaired) electrons. The Bertz CT molecular complexity index is 351. The predicted molar refractivity (Wildman–Crippen MR) is 47.6 cm³/mol. The monoisotopic (exact) mass is 197 g/mol. The summed E-state index contributed by atoms with van der Waals surface area (Å²) in [5, 5.41) is 18.0. The fourth-order valence-corrected chi connectivity index (χ4v) is 1.35. The van der Waals surface area contributed by atoms with Crippen LogP contribution in [0.25, 0.3) is 0 Å². The molecule has 0 spiro atoms. The highest BCUT2D eigenvalue weighted by molar-refractivity contribution is 5.45. The molecule has 2 rings (SSSR count). The van der Waals surface area contributed by atoms with Crippen molar-refractivity contribution in [1.82, 2.24) is 0 Å². The van der Waals surface area contributed by atoms with Crippen molar-refractivity contribution >= 4 is 0 Å². The second-order valence-corrected chi connectivity index (χ2v) is 3.07. The molecular weight excluding hydrogens is 186 g/mol. The normalized spacial score (nSPS) is 17.1. The summed E-state index contributed by atoms with van der Waals surface area (Å²) in [4.78, 5) is 0. The summed E-state index contributed by atoms with van der Waals surface area (Å²) in [5.41, 5.74) is 6.35. The highest BCUT2D eigenvalue weighted by atomic mass is 17.0. The largest absolute Gasteiger partial charge is 0.505 e. The lowest BCUT2D eigenvalue weighted by molar-refractivity contribution is -0.385. The zero-order valence-corrected chi connectivity index (χ0v) is 7.43. The van der Waals surface area contributed by atoms with Gasteiger partial charge in [-0.3, -0.25) is 10.2 Å². The van der Waals surface area contributed by atoms with E-state index in [1.807, 2.05) is 0 Å². The molecule has 0 aromatic heterocycles. The average molecular weight is 197 g/mol. The van der Waals surface area contributed by atoms with E-state index in [4.69, 9.17) is 20.7 Å². The van der Waals surface area contributed by atoms with Crippen molar-refractivity contribution in [3.8, 4) is 11.5 Å². The van der Waals surface area contributed by atoms with Gasteiger partial charge in [0.25, 0.3) is 0 Å². The first kappa shape index (κ1) is 9.26. The smallest absolute Gasteiger partial charge is 0.403 e. The van der Waals surface area contributed by atoms with Crippen LogP contribution in [0.4, 0.5) is 0 Å². The molecule has 1 aromatic carbocycles. The molecule has 0 unspecified atom stereocenters. The Kier molecular flexibility index (Phi) is 2.07. The van der Waals surface area contributed by atoms with Crippen LogP contribution in [0.3, 0.4) is 0 Å². The molecule has 1 aliphatic rings. The van der Waals surface area contributed by atoms with Gasteiger partial charge in [-0.2, -0.15) is 0 Å². The molecular formula is C9H11NO4. The number of hydrogen-bond donors (Lipinski definition) is 3. The third-order valence-corrected chi connectivity index (χ3v) is 1.93. The molecule has 0 atom stereocenters. The fourth-order valence-electron chi connectivity index (χ4n) is 1.35. The number of hydrogen-bond acceptors (Lipinski definition) is 5. The van der Waals surface area contributed by atoms with Crippen LogP contribution in [0.1, 0.15) is 5.56 Å². The van der Waals surface area contributed by atoms with E-state index < -0.39 is 6.16 Å². The van der Waals surface area contributed by atoms with Crippen molar-refractivity contribution in [3.05, 3.63) is 23.8 Å². The Balaban J connectivity index is 2.26. The van der Waals surface area contributed by atoms with Gasteiger partial charge < -0.3 is 15.2 Å². The first-order valence-electron chi connectivity index (χ1n) is 4.26. The molecule has 5 heteroatoms. The van der Waals surface area contributed by atoms with Crippen molar-refractivity contribution in [3.63, 3.8) is 0 Å². The van der Waals surface area contributed by atoms with Crippen LogP contribution in [0, 0.1) is 0 Å². The third kappa shape index (κ3) is 1.65. The van der Waals surface area contributed by atoms with Crippen molar-refractivity contribution < 1.29 is 19.7 Å². The van der Waals surface area contributed by atoms with Gasteiger partial charge in [-0.15, -0.1) is 0 Å². The van der Waals surface area contributed by atoms with Crippen LogP contribution in [-0.2, 0) is 6.42 Å². The number of rotatable bonds is 2. The summed E-state index contributed by atoms with van der Waals surface area (Å²) in [7, 11) is 0. The minimum atomic E-state index is -2.54. The van der Waals surface area contributed by atoms with Gasteiger partial charge in [-0.1, -0.05) is 6.07 Å². The zero-order chi connectivity index (χ0) is 10.2. The summed E-state index contributed by atoms with van der Waals surface area (Å²) in [6.07, 6.45) is -1.83. The van der Waals surface area contributed by atoms with Crippen LogP contribution >= 0.6 is 0 Å². The van der Waals surface area contributed by atoms with Gasteiger partial charge in [0.05, 0.1) is 0 Å². The van der Waals surface area contributed by atoms with Crippen LogP contribution < -0.4 is 15.2 Å². The van der Waals surface area contributed by atoms with Gasteiger partial charge in [-0.25, -0.2) is 0 Å². The zero-order valence-electron chi connectivity index (χ0n) is 7.43. The summed E-state index contributed by atoms with van der Waals surface area (Å²) in [6.45, 7) is 0.531. The summed E-state index contributed by atoms with van der Waals surface area (Å²) < 4.78 is 9.41. The molecule has 0 amide bonds. The average Bonchev–Trinajstić information content (AvgIpc) is 2.38. The molecule has 5 nitrogen and oxygen atoms in total. The van der Waals surface area contributed by atoms with Gasteiger partial charge in [0, 0.05) is 0 Å². The number of ether oxygens (including phenoxy) is 2. The topological polar surface area (TPSA) is 84.9 Å². The van der Waals surface area contributed by atoms with E-state index in [0.29, 0.717) is 24.5 Å². The molecule has 1 heterocycles. The number of aliphatic hydroxyl groups is 2. The standard InChI is InChI=1S/C9H11NO4/c10-4-3-6-1-2-7-8(5-6)14-9(11,12)13-7/h1-2,5,11-12H,3-4,10H2. The Labute approximate surface area is 80.7 Å². The minimum Gasteiger partial charge on any atom is -0.403 e. The van der Waals surface area contributed by atoms with E-state index in [2.05, 4.69) is 4.74 Å². The van der Waals surface area contributed by atoms with Gasteiger partial charge in [-0.05, 0) is 30.7 Å². The van der Waals surface area contributed by atoms with Crippen LogP contribution in [-0.4, -0.2) is 22.9 Å². The lowest BCUT2D eigenvalue weighted by Gasteiger charge is -2.10. The highest BCUT2D eigenvalue weighted by Gasteiger charge is 2.37. The molecule has 1 aliphatic heterocycles. The van der Waals surface area contributed by atoms with Crippen LogP contribution in [0.5, 0.6) is 11.5 Å². The van der Waals surface area contributed by atoms with Crippen molar-refractivity contribution in [2.75, 3.05) is 6.54 Å². The Morgan fingerprint density at radius 1 is 1.21 bits per heavy atom. The second-order valence-electron chi connectivity index (χ2n) is 3.07. The maximum absolute atomic E-state index is 9.02. The van der Waals surface area contributed by atoms with Gasteiger partial charge >= 0.3 is 6.16 Å². The molecule has 4 N–H and O–H groups in total. The SMILES string of the molecule is NCCc1ccc2c(c1)OC(O)(O)O2. The maximum Gasteiger partial charge on any atom is 0.505 e. The summed E-state index contributed by atoms with van der Waals surface area (Å²) >= 11 is 0. The minimum absolute atomic E-state index is 0.316. The van der Waals surface area contributed by atoms with Gasteiger partial charge in [0.1, 0.15) is 0 Å². The molecule has 0 fully saturated rings. The Morgan fingerprint density at radius 2 is 1.93 bits per heavy atom. The Hall–Kier alpha value is -1.30. The lowest BCUT2D eigenvalue weighted by Crippen LogP contribution is -2.37. The van der Waals surface area contributed by atoms with Gasteiger partial charge in [0.2, 0.25) is 0 Å². The van der Waals surface area contributed by atoms with Gasteiger partial charge in [0.15, 0.2) is 11.5 Å². The van der Waals surface area contributed by atoms with E-state index in [9.17, 15) is 0 Å². The molecule has 0 bridgehead atoms. The predicted octanol–water partition coefficient (Wildman–Crippen LogP) is -0.445. The second kappa shape index (κ2) is 3.13. The lowest BCUT2D eigenvalue weighted by atomic mass is 10.1. The summed E-state index contributed by atoms with van der Waals surface area (Å²) in [6, 6.07) is 5.10. The molecule has 76 valence electrons. The summed E-state index contributed by atoms with van der Waals surface area (Å²) in [5.74, 6) is 0.636. The van der Waals surface area contributed by atoms with Crippen molar-refractivity contribution in [2.24, 2.45) is 5.73 Å². The molecule has 0 saturated carbocycles. The highest BCUT2D eigenvalue weighted by Crippen LogP contribution is 2.37. The van der Waals surface area contributed by atoms with Crippen LogP contribution in [0.15, 0.2) is 18.2 Å². The van der Waals surface area contributed by atoms with E-state index in [-0.39, 0.29) is 0 Å². The first-order chi connectivity index (χ1) is 6.61. The Morgan fingerprint density at radius 3 is 2.64 bits per heavy atom. The van der Waals surface area contributed by atoms with E-state index in [1.165, 1.54) is 0 Å². The van der Waals surface area contributed by atoms with E-state index >= 15 is 0 Å². The molecule has 14 heavy (non-hydrogen) atoms. The maximum atomic E-state index is 9.02. The van der Waals surface area contributed by atoms with Crippen molar-refractivity contribution in [1.29, 1.82) is 0 Å². The molecule has 0 aliphatic carbocycles. The van der Waals surface area contributed by atoms with Crippen LogP contribution in [0.2, 0.25) is 0 Å². The third-order valence-electron chi connectivity index (χ3n) is 1.93. The van der Waals surface area contributed by atoms with E-state index in [0.717, 1.165) is 5.56 Å². The molecule has 0 saturated heterocycles. The first-order valence-corrected chi connectivity index (χ1v) is 4.26. The van der Waals surface area contributed by atoms with Crippen molar-refractivity contribution in [2.45, 2.75) is 12.6 Å². The number of nitrogens with two attached hydrogens (primary N) is 1. The molecule has 1 aromatic rings. The van der Waals surface area contributed by atoms with E-state index in [1.54, 1.807) is 18.2 Å². The number of fused-ring (bicyclic) bond motifs is 1. The number of benzene rings is 1. The fraction of sp³-hybridized carbons (Fsp3) is 0.333. The quantitative estimate of drug-likeness (QED) is 0.559.